The molecule has 2 nitrogen and oxygen atoms in total. The molecule has 0 spiro atoms. The number of carbonyl (C=O) groups excluding carboxylic acids is 1. The Morgan fingerprint density at radius 1 is 2.00 bits per heavy atom. The van der Waals surface area contributed by atoms with Gasteiger partial charge in [0.2, 0.25) is 5.91 Å². The Morgan fingerprint density at radius 3 is 2.71 bits per heavy atom. The van der Waals surface area contributed by atoms with Crippen LogP contribution in [0.15, 0.2) is 12.7 Å². The van der Waals surface area contributed by atoms with Crippen molar-refractivity contribution in [3.8, 4) is 0 Å². The van der Waals surface area contributed by atoms with Crippen LogP contribution in [0.25, 0.3) is 0 Å². The Hall–Kier alpha value is -0.790. The first kappa shape index (κ1) is 6.21. The number of rotatable bonds is 2. The summed E-state index contributed by atoms with van der Waals surface area (Å²) in [5.41, 5.74) is 0. The standard InChI is InChI=1S/C5H9NO/c1-3-4-5(7)6-2/h3H,1,4H2,2H3,(H,6,7)/i5+1. The van der Waals surface area contributed by atoms with Crippen LogP contribution < -0.4 is 5.32 Å². The van der Waals surface area contributed by atoms with Crippen LogP contribution in [0.3, 0.4) is 0 Å². The maximum atomic E-state index is 10.2. The summed E-state index contributed by atoms with van der Waals surface area (Å²) >= 11 is 0. The molecule has 0 unspecified atom stereocenters. The topological polar surface area (TPSA) is 29.1 Å². The predicted molar refractivity (Wildman–Crippen MR) is 28.9 cm³/mol. The lowest BCUT2D eigenvalue weighted by Crippen LogP contribution is -2.15. The summed E-state index contributed by atoms with van der Waals surface area (Å²) in [5, 5.41) is 2.46. The molecule has 0 aliphatic rings. The molecule has 0 fully saturated rings. The molecule has 0 saturated heterocycles. The van der Waals surface area contributed by atoms with Crippen molar-refractivity contribution in [3.05, 3.63) is 12.7 Å². The highest BCUT2D eigenvalue weighted by molar-refractivity contribution is 5.76. The van der Waals surface area contributed by atoms with Gasteiger partial charge < -0.3 is 5.32 Å². The van der Waals surface area contributed by atoms with E-state index in [4.69, 9.17) is 0 Å². The zero-order valence-corrected chi connectivity index (χ0v) is 4.40. The number of carbonyl (C=O) groups is 1. The molecule has 0 bridgehead atoms. The molecule has 0 rings (SSSR count). The molecule has 1 N–H and O–H groups in total. The maximum Gasteiger partial charge on any atom is 0.223 e. The molecule has 0 aromatic rings. The van der Waals surface area contributed by atoms with Crippen LogP contribution >= 0.6 is 0 Å². The molecule has 0 aromatic carbocycles. The third-order valence-electron chi connectivity index (χ3n) is 0.609. The van der Waals surface area contributed by atoms with Crippen molar-refractivity contribution < 1.29 is 4.79 Å². The van der Waals surface area contributed by atoms with Crippen molar-refractivity contribution in [2.24, 2.45) is 0 Å². The second-order valence-electron chi connectivity index (χ2n) is 1.17. The Labute approximate surface area is 43.2 Å². The van der Waals surface area contributed by atoms with Crippen LogP contribution in [0.2, 0.25) is 0 Å². The van der Waals surface area contributed by atoms with Gasteiger partial charge in [0.25, 0.3) is 0 Å². The van der Waals surface area contributed by atoms with Gasteiger partial charge in [-0.25, -0.2) is 0 Å². The molecule has 0 aromatic heterocycles. The smallest absolute Gasteiger partial charge is 0.223 e. The largest absolute Gasteiger partial charge is 0.359 e. The van der Waals surface area contributed by atoms with Crippen LogP contribution in [0.5, 0.6) is 0 Å². The highest BCUT2D eigenvalue weighted by Gasteiger charge is 1.87. The highest BCUT2D eigenvalue weighted by atomic mass is 16.2. The first-order valence-electron chi connectivity index (χ1n) is 2.12. The summed E-state index contributed by atoms with van der Waals surface area (Å²) in [6.07, 6.45) is 1.98. The third-order valence-corrected chi connectivity index (χ3v) is 0.609. The number of nitrogens with one attached hydrogen (secondary N) is 1. The van der Waals surface area contributed by atoms with Crippen molar-refractivity contribution in [2.75, 3.05) is 7.05 Å². The molecule has 0 radical (unpaired) electrons. The zero-order chi connectivity index (χ0) is 5.70. The van der Waals surface area contributed by atoms with Gasteiger partial charge in [0.15, 0.2) is 0 Å². The van der Waals surface area contributed by atoms with Crippen molar-refractivity contribution in [2.45, 2.75) is 6.42 Å². The van der Waals surface area contributed by atoms with Gasteiger partial charge in [-0.1, -0.05) is 6.08 Å². The van der Waals surface area contributed by atoms with E-state index in [9.17, 15) is 4.79 Å². The van der Waals surface area contributed by atoms with Gasteiger partial charge in [-0.05, 0) is 0 Å². The van der Waals surface area contributed by atoms with E-state index in [2.05, 4.69) is 11.9 Å². The lowest BCUT2D eigenvalue weighted by molar-refractivity contribution is -0.119. The molecule has 40 valence electrons. The van der Waals surface area contributed by atoms with Crippen LogP contribution in [0.4, 0.5) is 0 Å². The average molecular weight is 100 g/mol. The normalized spacial score (nSPS) is 7.57. The highest BCUT2D eigenvalue weighted by Crippen LogP contribution is 1.74. The minimum atomic E-state index is 0.00926. The SMILES string of the molecule is C=CC[13C](=O)NC. The lowest BCUT2D eigenvalue weighted by Gasteiger charge is -1.88. The van der Waals surface area contributed by atoms with Crippen molar-refractivity contribution in [1.82, 2.24) is 5.32 Å². The Balaban J connectivity index is 3.17. The zero-order valence-electron chi connectivity index (χ0n) is 4.40. The average Bonchev–Trinajstić information content (AvgIpc) is 1.68. The quantitative estimate of drug-likeness (QED) is 0.392. The molecule has 2 heteroatoms. The minimum Gasteiger partial charge on any atom is -0.359 e. The van der Waals surface area contributed by atoms with Crippen LogP contribution in [0.1, 0.15) is 6.42 Å². The van der Waals surface area contributed by atoms with Crippen LogP contribution in [-0.4, -0.2) is 13.0 Å². The molecule has 0 aliphatic heterocycles. The molecule has 0 saturated carbocycles. The van der Waals surface area contributed by atoms with Crippen molar-refractivity contribution >= 4 is 5.91 Å². The molecule has 0 aliphatic carbocycles. The number of hydrogen-bond acceptors (Lipinski definition) is 1. The predicted octanol–water partition coefficient (Wildman–Crippen LogP) is 0.308. The fourth-order valence-electron chi connectivity index (χ4n) is 0.233. The molecular weight excluding hydrogens is 91.1 g/mol. The van der Waals surface area contributed by atoms with Gasteiger partial charge in [0.1, 0.15) is 0 Å². The van der Waals surface area contributed by atoms with E-state index in [1.54, 1.807) is 13.1 Å². The number of hydrogen-bond donors (Lipinski definition) is 1. The molecular formula is C5H9NO. The lowest BCUT2D eigenvalue weighted by atomic mass is 10.6. The van der Waals surface area contributed by atoms with E-state index in [1.807, 2.05) is 0 Å². The van der Waals surface area contributed by atoms with E-state index in [-0.39, 0.29) is 5.91 Å². The summed E-state index contributed by atoms with van der Waals surface area (Å²) in [7, 11) is 1.60. The summed E-state index contributed by atoms with van der Waals surface area (Å²) in [6.45, 7) is 3.39. The van der Waals surface area contributed by atoms with Crippen molar-refractivity contribution in [3.63, 3.8) is 0 Å². The fourth-order valence-corrected chi connectivity index (χ4v) is 0.233. The molecule has 0 atom stereocenters. The van der Waals surface area contributed by atoms with E-state index >= 15 is 0 Å². The van der Waals surface area contributed by atoms with Crippen LogP contribution in [0, 0.1) is 0 Å². The van der Waals surface area contributed by atoms with Crippen LogP contribution in [-0.2, 0) is 4.79 Å². The Morgan fingerprint density at radius 2 is 2.57 bits per heavy atom. The Bertz CT molecular complexity index is 78.1. The van der Waals surface area contributed by atoms with Gasteiger partial charge in [0.05, 0.1) is 0 Å². The summed E-state index contributed by atoms with van der Waals surface area (Å²) in [5.74, 6) is 0.00926. The molecule has 0 heterocycles. The fraction of sp³-hybridized carbons (Fsp3) is 0.400. The minimum absolute atomic E-state index is 0.00926. The third kappa shape index (κ3) is 3.03. The first-order valence-corrected chi connectivity index (χ1v) is 2.12. The van der Waals surface area contributed by atoms with E-state index in [0.29, 0.717) is 6.42 Å². The summed E-state index contributed by atoms with van der Waals surface area (Å²) < 4.78 is 0. The van der Waals surface area contributed by atoms with Gasteiger partial charge in [-0.15, -0.1) is 6.58 Å². The Kier molecular flexibility index (Phi) is 3.02. The second kappa shape index (κ2) is 3.40. The van der Waals surface area contributed by atoms with Gasteiger partial charge >= 0.3 is 0 Å². The molecule has 7 heavy (non-hydrogen) atoms. The summed E-state index contributed by atoms with van der Waals surface area (Å²) in [6, 6.07) is 0. The summed E-state index contributed by atoms with van der Waals surface area (Å²) in [4.78, 5) is 10.2. The second-order valence-corrected chi connectivity index (χ2v) is 1.17. The van der Waals surface area contributed by atoms with E-state index < -0.39 is 0 Å². The van der Waals surface area contributed by atoms with E-state index in [0.717, 1.165) is 0 Å². The monoisotopic (exact) mass is 100 g/mol. The number of amides is 1. The van der Waals surface area contributed by atoms with E-state index in [1.165, 1.54) is 0 Å². The maximum absolute atomic E-state index is 10.2. The van der Waals surface area contributed by atoms with Gasteiger partial charge in [-0.2, -0.15) is 0 Å². The first-order chi connectivity index (χ1) is 3.31. The van der Waals surface area contributed by atoms with Crippen molar-refractivity contribution in [1.29, 1.82) is 0 Å². The van der Waals surface area contributed by atoms with Gasteiger partial charge in [-0.3, -0.25) is 4.79 Å². The van der Waals surface area contributed by atoms with Gasteiger partial charge in [0, 0.05) is 13.5 Å². The molecule has 1 amide bonds.